The van der Waals surface area contributed by atoms with E-state index in [9.17, 15) is 8.42 Å². The van der Waals surface area contributed by atoms with Crippen molar-refractivity contribution >= 4 is 9.84 Å². The smallest absolute Gasteiger partial charge is 0.150 e. The SMILES string of the molecule is CS(=O)(=O)C1CCCC(C2CCCCC(N)C2)C1. The van der Waals surface area contributed by atoms with Crippen LogP contribution in [-0.2, 0) is 9.84 Å². The summed E-state index contributed by atoms with van der Waals surface area (Å²) in [4.78, 5) is 0. The summed E-state index contributed by atoms with van der Waals surface area (Å²) in [6.45, 7) is 0. The standard InChI is InChI=1S/C14H27NO2S/c1-18(16,17)14-8-4-6-12(10-14)11-5-2-3-7-13(15)9-11/h11-14H,2-10,15H2,1H3. The highest BCUT2D eigenvalue weighted by Gasteiger charge is 2.33. The van der Waals surface area contributed by atoms with Crippen molar-refractivity contribution in [2.24, 2.45) is 17.6 Å². The molecular formula is C14H27NO2S. The summed E-state index contributed by atoms with van der Waals surface area (Å²) < 4.78 is 23.4. The lowest BCUT2D eigenvalue weighted by molar-refractivity contribution is 0.222. The summed E-state index contributed by atoms with van der Waals surface area (Å²) in [6.07, 6.45) is 11.5. The second-order valence-electron chi connectivity index (χ2n) is 6.42. The fraction of sp³-hybridized carbons (Fsp3) is 1.00. The van der Waals surface area contributed by atoms with Crippen LogP contribution in [0.25, 0.3) is 0 Å². The minimum Gasteiger partial charge on any atom is -0.328 e. The van der Waals surface area contributed by atoms with E-state index in [2.05, 4.69) is 0 Å². The van der Waals surface area contributed by atoms with E-state index in [0.717, 1.165) is 32.1 Å². The fourth-order valence-electron chi connectivity index (χ4n) is 3.86. The Morgan fingerprint density at radius 2 is 1.50 bits per heavy atom. The van der Waals surface area contributed by atoms with Gasteiger partial charge in [-0.2, -0.15) is 0 Å². The Morgan fingerprint density at radius 3 is 2.22 bits per heavy atom. The minimum absolute atomic E-state index is 0.0873. The van der Waals surface area contributed by atoms with E-state index in [4.69, 9.17) is 5.73 Å². The van der Waals surface area contributed by atoms with Crippen LogP contribution >= 0.6 is 0 Å². The Bertz CT molecular complexity index is 366. The summed E-state index contributed by atoms with van der Waals surface area (Å²) in [7, 11) is -2.85. The molecule has 106 valence electrons. The van der Waals surface area contributed by atoms with Crippen LogP contribution in [0.2, 0.25) is 0 Å². The maximum atomic E-state index is 11.7. The van der Waals surface area contributed by atoms with Crippen LogP contribution in [0, 0.1) is 11.8 Å². The zero-order valence-electron chi connectivity index (χ0n) is 11.5. The summed E-state index contributed by atoms with van der Waals surface area (Å²) in [5.74, 6) is 1.27. The van der Waals surface area contributed by atoms with Crippen molar-refractivity contribution in [2.45, 2.75) is 69.1 Å². The molecule has 2 aliphatic rings. The molecule has 0 aliphatic heterocycles. The van der Waals surface area contributed by atoms with Gasteiger partial charge in [0, 0.05) is 12.3 Å². The van der Waals surface area contributed by atoms with Crippen LogP contribution in [0.5, 0.6) is 0 Å². The van der Waals surface area contributed by atoms with E-state index >= 15 is 0 Å². The molecule has 2 saturated carbocycles. The first-order valence-corrected chi connectivity index (χ1v) is 9.36. The molecule has 0 aromatic rings. The second-order valence-corrected chi connectivity index (χ2v) is 8.74. The first-order valence-electron chi connectivity index (χ1n) is 7.41. The van der Waals surface area contributed by atoms with E-state index in [-0.39, 0.29) is 5.25 Å². The van der Waals surface area contributed by atoms with Gasteiger partial charge in [-0.15, -0.1) is 0 Å². The molecule has 2 rings (SSSR count). The number of sulfone groups is 1. The van der Waals surface area contributed by atoms with Gasteiger partial charge < -0.3 is 5.73 Å². The normalized spacial score (nSPS) is 39.2. The largest absolute Gasteiger partial charge is 0.328 e. The molecule has 4 atom stereocenters. The molecule has 3 nitrogen and oxygen atoms in total. The molecule has 2 N–H and O–H groups in total. The number of hydrogen-bond acceptors (Lipinski definition) is 3. The van der Waals surface area contributed by atoms with Gasteiger partial charge in [-0.25, -0.2) is 8.42 Å². The molecule has 4 heteroatoms. The van der Waals surface area contributed by atoms with E-state index in [1.807, 2.05) is 0 Å². The van der Waals surface area contributed by atoms with Gasteiger partial charge >= 0.3 is 0 Å². The first kappa shape index (κ1) is 14.3. The van der Waals surface area contributed by atoms with Crippen LogP contribution in [0.3, 0.4) is 0 Å². The van der Waals surface area contributed by atoms with Crippen molar-refractivity contribution in [3.63, 3.8) is 0 Å². The lowest BCUT2D eigenvalue weighted by Crippen LogP contribution is -2.33. The third-order valence-electron chi connectivity index (χ3n) is 4.94. The maximum Gasteiger partial charge on any atom is 0.150 e. The van der Waals surface area contributed by atoms with E-state index < -0.39 is 9.84 Å². The van der Waals surface area contributed by atoms with Crippen molar-refractivity contribution in [1.29, 1.82) is 0 Å². The van der Waals surface area contributed by atoms with E-state index in [0.29, 0.717) is 17.9 Å². The highest BCUT2D eigenvalue weighted by Crippen LogP contribution is 2.38. The molecule has 0 amide bonds. The highest BCUT2D eigenvalue weighted by atomic mass is 32.2. The van der Waals surface area contributed by atoms with Crippen molar-refractivity contribution in [2.75, 3.05) is 6.26 Å². The van der Waals surface area contributed by atoms with E-state index in [1.54, 1.807) is 0 Å². The summed E-state index contributed by atoms with van der Waals surface area (Å²) in [5, 5.41) is -0.0873. The Labute approximate surface area is 111 Å². The Kier molecular flexibility index (Phi) is 4.70. The van der Waals surface area contributed by atoms with Crippen LogP contribution < -0.4 is 5.73 Å². The van der Waals surface area contributed by atoms with Crippen molar-refractivity contribution in [3.8, 4) is 0 Å². The van der Waals surface area contributed by atoms with Crippen LogP contribution in [0.1, 0.15) is 57.8 Å². The molecular weight excluding hydrogens is 246 g/mol. The summed E-state index contributed by atoms with van der Waals surface area (Å²) >= 11 is 0. The summed E-state index contributed by atoms with van der Waals surface area (Å²) in [6, 6.07) is 0.344. The Hall–Kier alpha value is -0.0900. The molecule has 2 aliphatic carbocycles. The second kappa shape index (κ2) is 5.91. The summed E-state index contributed by atoms with van der Waals surface area (Å²) in [5.41, 5.74) is 6.13. The number of rotatable bonds is 2. The Balaban J connectivity index is 1.99. The fourth-order valence-corrected chi connectivity index (χ4v) is 5.06. The lowest BCUT2D eigenvalue weighted by Gasteiger charge is -2.34. The average molecular weight is 273 g/mol. The molecule has 0 saturated heterocycles. The van der Waals surface area contributed by atoms with Gasteiger partial charge in [0.1, 0.15) is 9.84 Å². The quantitative estimate of drug-likeness (QED) is 0.786. The highest BCUT2D eigenvalue weighted by molar-refractivity contribution is 7.91. The number of nitrogens with two attached hydrogens (primary N) is 1. The van der Waals surface area contributed by atoms with Gasteiger partial charge in [0.15, 0.2) is 0 Å². The predicted octanol–water partition coefficient (Wildman–Crippen LogP) is 2.50. The van der Waals surface area contributed by atoms with Crippen molar-refractivity contribution in [1.82, 2.24) is 0 Å². The molecule has 0 aromatic carbocycles. The third-order valence-corrected chi connectivity index (χ3v) is 6.58. The van der Waals surface area contributed by atoms with Crippen LogP contribution in [0.15, 0.2) is 0 Å². The maximum absolute atomic E-state index is 11.7. The number of hydrogen-bond donors (Lipinski definition) is 1. The van der Waals surface area contributed by atoms with Gasteiger partial charge in [-0.05, 0) is 37.5 Å². The van der Waals surface area contributed by atoms with Crippen LogP contribution in [-0.4, -0.2) is 26.0 Å². The van der Waals surface area contributed by atoms with Crippen molar-refractivity contribution < 1.29 is 8.42 Å². The molecule has 0 heterocycles. The van der Waals surface area contributed by atoms with Gasteiger partial charge in [0.25, 0.3) is 0 Å². The van der Waals surface area contributed by atoms with Gasteiger partial charge in [0.05, 0.1) is 5.25 Å². The zero-order chi connectivity index (χ0) is 13.2. The van der Waals surface area contributed by atoms with Gasteiger partial charge in [0.2, 0.25) is 0 Å². The molecule has 0 spiro atoms. The van der Waals surface area contributed by atoms with Crippen LogP contribution in [0.4, 0.5) is 0 Å². The third kappa shape index (κ3) is 3.70. The zero-order valence-corrected chi connectivity index (χ0v) is 12.3. The van der Waals surface area contributed by atoms with Crippen molar-refractivity contribution in [3.05, 3.63) is 0 Å². The predicted molar refractivity (Wildman–Crippen MR) is 75.1 cm³/mol. The molecule has 0 radical (unpaired) electrons. The molecule has 18 heavy (non-hydrogen) atoms. The Morgan fingerprint density at radius 1 is 0.889 bits per heavy atom. The topological polar surface area (TPSA) is 60.2 Å². The molecule has 2 fully saturated rings. The molecule has 0 bridgehead atoms. The molecule has 4 unspecified atom stereocenters. The minimum atomic E-state index is -2.85. The first-order chi connectivity index (χ1) is 8.47. The van der Waals surface area contributed by atoms with Gasteiger partial charge in [-0.1, -0.05) is 32.1 Å². The lowest BCUT2D eigenvalue weighted by atomic mass is 9.76. The average Bonchev–Trinajstić information content (AvgIpc) is 2.53. The monoisotopic (exact) mass is 273 g/mol. The van der Waals surface area contributed by atoms with Gasteiger partial charge in [-0.3, -0.25) is 0 Å². The van der Waals surface area contributed by atoms with E-state index in [1.165, 1.54) is 31.9 Å². The molecule has 0 aromatic heterocycles.